The van der Waals surface area contributed by atoms with E-state index in [0.29, 0.717) is 33.2 Å². The zero-order valence-electron chi connectivity index (χ0n) is 12.9. The number of rotatable bonds is 5. The second kappa shape index (κ2) is 7.80. The molecule has 3 aliphatic rings. The number of carbonyl (C=O) groups is 1. The number of nitrogens with zero attached hydrogens (tertiary/aromatic N) is 1. The number of carbonyl (C=O) groups excluding carboxylic acids is 1. The predicted octanol–water partition coefficient (Wildman–Crippen LogP) is 0.676. The fourth-order valence-electron chi connectivity index (χ4n) is 3.52. The van der Waals surface area contributed by atoms with E-state index in [-0.39, 0.29) is 0 Å². The average Bonchev–Trinajstić information content (AvgIpc) is 2.50. The quantitative estimate of drug-likeness (QED) is 0.491. The molecule has 0 bridgehead atoms. The first-order chi connectivity index (χ1) is 10.3. The standard InChI is InChI=1S/C18H27INO/c21-18(13-16-11-12-19-16)20(17-9-5-2-6-10-17)14-15-7-3-1-4-8-15/h3,7-8,16-17H,1-2,4-6,9-14H2/q-1. The van der Waals surface area contributed by atoms with E-state index in [4.69, 9.17) is 0 Å². The molecule has 2 fully saturated rings. The normalized spacial score (nSPS) is 26.5. The van der Waals surface area contributed by atoms with Gasteiger partial charge in [-0.05, 0) is 0 Å². The summed E-state index contributed by atoms with van der Waals surface area (Å²) in [5.41, 5.74) is 1.36. The first kappa shape index (κ1) is 15.6. The number of hydrogen-bond acceptors (Lipinski definition) is 1. The summed E-state index contributed by atoms with van der Waals surface area (Å²) in [5.74, 6) is 0.450. The SMILES string of the molecule is O=C(CC1CC[I-]1)N(CC1=CCCC=C1)C1CCCCC1. The van der Waals surface area contributed by atoms with E-state index >= 15 is 0 Å². The summed E-state index contributed by atoms with van der Waals surface area (Å²) in [6.07, 6.45) is 17.7. The van der Waals surface area contributed by atoms with E-state index in [2.05, 4.69) is 23.1 Å². The molecular formula is C18H27INO-. The van der Waals surface area contributed by atoms with Crippen LogP contribution in [0, 0.1) is 0 Å². The van der Waals surface area contributed by atoms with Crippen LogP contribution in [0.15, 0.2) is 23.8 Å². The molecule has 0 aromatic heterocycles. The van der Waals surface area contributed by atoms with E-state index in [1.807, 2.05) is 0 Å². The van der Waals surface area contributed by atoms with Gasteiger partial charge in [0.25, 0.3) is 0 Å². The van der Waals surface area contributed by atoms with E-state index < -0.39 is 0 Å². The van der Waals surface area contributed by atoms with Gasteiger partial charge < -0.3 is 0 Å². The third kappa shape index (κ3) is 4.33. The fraction of sp³-hybridized carbons (Fsp3) is 0.722. The summed E-state index contributed by atoms with van der Waals surface area (Å²) < 4.78 is 2.23. The molecule has 1 amide bonds. The van der Waals surface area contributed by atoms with Crippen molar-refractivity contribution in [1.29, 1.82) is 0 Å². The van der Waals surface area contributed by atoms with Crippen molar-refractivity contribution in [2.75, 3.05) is 11.0 Å². The zero-order valence-corrected chi connectivity index (χ0v) is 15.1. The number of amides is 1. The number of hydrogen-bond donors (Lipinski definition) is 0. The van der Waals surface area contributed by atoms with Crippen molar-refractivity contribution in [1.82, 2.24) is 4.90 Å². The molecule has 1 aliphatic heterocycles. The van der Waals surface area contributed by atoms with Crippen LogP contribution in [-0.2, 0) is 4.79 Å². The van der Waals surface area contributed by atoms with Gasteiger partial charge in [0.05, 0.1) is 0 Å². The minimum absolute atomic E-state index is 0.351. The Morgan fingerprint density at radius 2 is 2.00 bits per heavy atom. The molecule has 3 rings (SSSR count). The molecule has 3 heteroatoms. The second-order valence-corrected chi connectivity index (χ2v) is 10.2. The molecule has 0 aromatic rings. The van der Waals surface area contributed by atoms with Crippen LogP contribution in [0.25, 0.3) is 0 Å². The molecule has 0 N–H and O–H groups in total. The summed E-state index contributed by atoms with van der Waals surface area (Å²) in [6, 6.07) is 0.515. The molecule has 1 saturated carbocycles. The number of alkyl halides is 2. The van der Waals surface area contributed by atoms with Gasteiger partial charge in [0, 0.05) is 0 Å². The zero-order chi connectivity index (χ0) is 14.5. The molecule has 0 spiro atoms. The summed E-state index contributed by atoms with van der Waals surface area (Å²) >= 11 is 0.351. The molecule has 1 unspecified atom stereocenters. The molecule has 118 valence electrons. The van der Waals surface area contributed by atoms with Crippen LogP contribution in [0.2, 0.25) is 0 Å². The van der Waals surface area contributed by atoms with Crippen molar-refractivity contribution < 1.29 is 26.0 Å². The van der Waals surface area contributed by atoms with Crippen molar-refractivity contribution in [3.63, 3.8) is 0 Å². The Hall–Kier alpha value is -0.320. The van der Waals surface area contributed by atoms with Crippen LogP contribution < -0.4 is 21.2 Å². The predicted molar refractivity (Wildman–Crippen MR) is 82.9 cm³/mol. The van der Waals surface area contributed by atoms with Gasteiger partial charge in [-0.15, -0.1) is 0 Å². The third-order valence-electron chi connectivity index (χ3n) is 4.91. The molecule has 0 aromatic carbocycles. The first-order valence-electron chi connectivity index (χ1n) is 8.55. The van der Waals surface area contributed by atoms with Crippen LogP contribution in [0.3, 0.4) is 0 Å². The van der Waals surface area contributed by atoms with Crippen molar-refractivity contribution in [2.24, 2.45) is 0 Å². The molecule has 1 heterocycles. The summed E-state index contributed by atoms with van der Waals surface area (Å²) in [6.45, 7) is 0.866. The van der Waals surface area contributed by atoms with E-state index in [1.165, 1.54) is 48.5 Å². The molecule has 2 nitrogen and oxygen atoms in total. The molecule has 2 aliphatic carbocycles. The molecular weight excluding hydrogens is 373 g/mol. The Labute approximate surface area is 139 Å². The van der Waals surface area contributed by atoms with Gasteiger partial charge in [0.1, 0.15) is 0 Å². The van der Waals surface area contributed by atoms with Crippen LogP contribution in [0.5, 0.6) is 0 Å². The molecule has 1 atom stereocenters. The maximum atomic E-state index is 12.8. The maximum absolute atomic E-state index is 12.8. The number of allylic oxidation sites excluding steroid dienone is 2. The topological polar surface area (TPSA) is 20.3 Å². The van der Waals surface area contributed by atoms with Crippen LogP contribution in [-0.4, -0.2) is 31.7 Å². The first-order valence-corrected chi connectivity index (χ1v) is 11.3. The van der Waals surface area contributed by atoms with E-state index in [9.17, 15) is 4.79 Å². The van der Waals surface area contributed by atoms with Crippen molar-refractivity contribution in [3.8, 4) is 0 Å². The van der Waals surface area contributed by atoms with E-state index in [0.717, 1.165) is 29.7 Å². The monoisotopic (exact) mass is 400 g/mol. The van der Waals surface area contributed by atoms with Crippen LogP contribution >= 0.6 is 0 Å². The molecule has 1 saturated heterocycles. The Bertz CT molecular complexity index is 419. The summed E-state index contributed by atoms with van der Waals surface area (Å²) in [5, 5.41) is 0. The van der Waals surface area contributed by atoms with E-state index in [1.54, 1.807) is 0 Å². The van der Waals surface area contributed by atoms with Gasteiger partial charge in [-0.1, -0.05) is 0 Å². The summed E-state index contributed by atoms with van der Waals surface area (Å²) in [7, 11) is 0. The van der Waals surface area contributed by atoms with Gasteiger partial charge >= 0.3 is 139 Å². The Kier molecular flexibility index (Phi) is 5.78. The Morgan fingerprint density at radius 3 is 2.62 bits per heavy atom. The summed E-state index contributed by atoms with van der Waals surface area (Å²) in [4.78, 5) is 15.1. The second-order valence-electron chi connectivity index (χ2n) is 6.51. The Morgan fingerprint density at radius 1 is 1.19 bits per heavy atom. The van der Waals surface area contributed by atoms with Gasteiger partial charge in [0.2, 0.25) is 0 Å². The molecule has 0 radical (unpaired) electrons. The van der Waals surface area contributed by atoms with Crippen molar-refractivity contribution in [3.05, 3.63) is 23.8 Å². The van der Waals surface area contributed by atoms with Gasteiger partial charge in [-0.25, -0.2) is 0 Å². The molecule has 21 heavy (non-hydrogen) atoms. The third-order valence-corrected chi connectivity index (χ3v) is 8.46. The van der Waals surface area contributed by atoms with Gasteiger partial charge in [-0.3, -0.25) is 0 Å². The fourth-order valence-corrected chi connectivity index (χ4v) is 5.71. The minimum atomic E-state index is 0.351. The van der Waals surface area contributed by atoms with Crippen molar-refractivity contribution in [2.45, 2.75) is 67.8 Å². The van der Waals surface area contributed by atoms with Gasteiger partial charge in [-0.2, -0.15) is 0 Å². The van der Waals surface area contributed by atoms with Crippen molar-refractivity contribution >= 4 is 5.91 Å². The average molecular weight is 400 g/mol. The van der Waals surface area contributed by atoms with Crippen LogP contribution in [0.1, 0.15) is 57.8 Å². The number of halogens is 1. The van der Waals surface area contributed by atoms with Gasteiger partial charge in [0.15, 0.2) is 0 Å². The Balaban J connectivity index is 1.64. The van der Waals surface area contributed by atoms with Crippen LogP contribution in [0.4, 0.5) is 0 Å².